The van der Waals surface area contributed by atoms with E-state index in [1.165, 1.54) is 0 Å². The molecular formula is C15H17N5O. The lowest BCUT2D eigenvalue weighted by molar-refractivity contribution is 0.547. The third-order valence-electron chi connectivity index (χ3n) is 3.44. The highest BCUT2D eigenvalue weighted by atomic mass is 16.1. The summed E-state index contributed by atoms with van der Waals surface area (Å²) in [5.41, 5.74) is 10.0. The van der Waals surface area contributed by atoms with Gasteiger partial charge in [0, 0.05) is 12.2 Å². The molecule has 0 aliphatic heterocycles. The van der Waals surface area contributed by atoms with Gasteiger partial charge in [0.05, 0.1) is 22.6 Å². The standard InChI is InChI=1S/C15H17N5O/c1-8(2)20-14-11(16)7-12(18-13(14)9(3)19-20)10-5-4-6-17-15(10)21/h4-8H,1-3H3,(H2,16,18)(H,17,21). The highest BCUT2D eigenvalue weighted by Crippen LogP contribution is 2.28. The molecule has 21 heavy (non-hydrogen) atoms. The molecule has 0 aliphatic rings. The molecule has 0 saturated carbocycles. The lowest BCUT2D eigenvalue weighted by atomic mass is 10.1. The zero-order valence-electron chi connectivity index (χ0n) is 12.2. The molecule has 0 atom stereocenters. The van der Waals surface area contributed by atoms with E-state index in [4.69, 9.17) is 5.73 Å². The zero-order valence-corrected chi connectivity index (χ0v) is 12.2. The quantitative estimate of drug-likeness (QED) is 0.755. The molecule has 0 saturated heterocycles. The lowest BCUT2D eigenvalue weighted by Gasteiger charge is -2.09. The van der Waals surface area contributed by atoms with E-state index >= 15 is 0 Å². The van der Waals surface area contributed by atoms with E-state index in [1.807, 2.05) is 25.5 Å². The molecular weight excluding hydrogens is 266 g/mol. The molecule has 0 spiro atoms. The Morgan fingerprint density at radius 2 is 2.14 bits per heavy atom. The lowest BCUT2D eigenvalue weighted by Crippen LogP contribution is -2.09. The van der Waals surface area contributed by atoms with E-state index in [9.17, 15) is 4.79 Å². The first-order chi connectivity index (χ1) is 9.99. The number of nitrogens with two attached hydrogens (primary N) is 1. The highest BCUT2D eigenvalue weighted by Gasteiger charge is 2.16. The molecule has 3 rings (SSSR count). The van der Waals surface area contributed by atoms with E-state index < -0.39 is 0 Å². The summed E-state index contributed by atoms with van der Waals surface area (Å²) < 4.78 is 1.87. The average molecular weight is 283 g/mol. The maximum Gasteiger partial charge on any atom is 0.257 e. The van der Waals surface area contributed by atoms with Crippen molar-refractivity contribution in [3.05, 3.63) is 40.4 Å². The fourth-order valence-electron chi connectivity index (χ4n) is 2.44. The van der Waals surface area contributed by atoms with Crippen LogP contribution in [0.15, 0.2) is 29.2 Å². The van der Waals surface area contributed by atoms with Gasteiger partial charge in [-0.2, -0.15) is 5.10 Å². The number of nitrogens with zero attached hydrogens (tertiary/aromatic N) is 3. The van der Waals surface area contributed by atoms with Gasteiger partial charge >= 0.3 is 0 Å². The number of aromatic nitrogens is 4. The first-order valence-corrected chi connectivity index (χ1v) is 6.82. The normalized spacial score (nSPS) is 11.4. The van der Waals surface area contributed by atoms with E-state index in [0.29, 0.717) is 16.9 Å². The van der Waals surface area contributed by atoms with E-state index in [0.717, 1.165) is 16.7 Å². The van der Waals surface area contributed by atoms with Crippen LogP contribution in [0.25, 0.3) is 22.3 Å². The van der Waals surface area contributed by atoms with Crippen molar-refractivity contribution in [1.29, 1.82) is 0 Å². The SMILES string of the molecule is Cc1nn(C(C)C)c2c(N)cc(-c3ccc[nH]c3=O)nc12. The topological polar surface area (TPSA) is 89.6 Å². The molecule has 3 heterocycles. The van der Waals surface area contributed by atoms with Crippen molar-refractivity contribution in [1.82, 2.24) is 19.7 Å². The van der Waals surface area contributed by atoms with E-state index in [2.05, 4.69) is 15.1 Å². The van der Waals surface area contributed by atoms with Gasteiger partial charge in [-0.25, -0.2) is 4.98 Å². The molecule has 0 aliphatic carbocycles. The third kappa shape index (κ3) is 2.08. The molecule has 0 unspecified atom stereocenters. The van der Waals surface area contributed by atoms with Gasteiger partial charge in [0.2, 0.25) is 0 Å². The Kier molecular flexibility index (Phi) is 3.01. The Balaban J connectivity index is 2.33. The Morgan fingerprint density at radius 3 is 2.81 bits per heavy atom. The molecule has 0 aromatic carbocycles. The number of pyridine rings is 2. The molecule has 3 aromatic heterocycles. The molecule has 6 nitrogen and oxygen atoms in total. The van der Waals surface area contributed by atoms with Crippen molar-refractivity contribution in [3.63, 3.8) is 0 Å². The van der Waals surface area contributed by atoms with Crippen LogP contribution in [0.1, 0.15) is 25.6 Å². The number of nitrogen functional groups attached to an aromatic ring is 1. The Labute approximate surface area is 121 Å². The van der Waals surface area contributed by atoms with Gasteiger partial charge in [-0.05, 0) is 39.0 Å². The predicted octanol–water partition coefficient (Wildman–Crippen LogP) is 2.26. The highest BCUT2D eigenvalue weighted by molar-refractivity contribution is 5.91. The van der Waals surface area contributed by atoms with Crippen molar-refractivity contribution in [2.24, 2.45) is 0 Å². The second-order valence-electron chi connectivity index (χ2n) is 5.33. The van der Waals surface area contributed by atoms with Crippen LogP contribution in [0.2, 0.25) is 0 Å². The number of H-pyrrole nitrogens is 1. The fraction of sp³-hybridized carbons (Fsp3) is 0.267. The second-order valence-corrected chi connectivity index (χ2v) is 5.33. The summed E-state index contributed by atoms with van der Waals surface area (Å²) >= 11 is 0. The summed E-state index contributed by atoms with van der Waals surface area (Å²) in [5.74, 6) is 0. The molecule has 3 N–H and O–H groups in total. The molecule has 0 fully saturated rings. The van der Waals surface area contributed by atoms with Crippen molar-refractivity contribution < 1.29 is 0 Å². The summed E-state index contributed by atoms with van der Waals surface area (Å²) in [4.78, 5) is 19.1. The van der Waals surface area contributed by atoms with E-state index in [-0.39, 0.29) is 11.6 Å². The van der Waals surface area contributed by atoms with Crippen LogP contribution < -0.4 is 11.3 Å². The minimum absolute atomic E-state index is 0.183. The second kappa shape index (κ2) is 4.73. The van der Waals surface area contributed by atoms with Gasteiger partial charge in [0.25, 0.3) is 5.56 Å². The molecule has 0 bridgehead atoms. The summed E-state index contributed by atoms with van der Waals surface area (Å²) in [7, 11) is 0. The van der Waals surface area contributed by atoms with Gasteiger partial charge in [0.1, 0.15) is 11.0 Å². The first-order valence-electron chi connectivity index (χ1n) is 6.82. The minimum atomic E-state index is -0.183. The van der Waals surface area contributed by atoms with Crippen LogP contribution in [0.4, 0.5) is 5.69 Å². The van der Waals surface area contributed by atoms with Crippen LogP contribution in [0.5, 0.6) is 0 Å². The summed E-state index contributed by atoms with van der Waals surface area (Å²) in [5, 5.41) is 4.50. The number of aryl methyl sites for hydroxylation is 1. The average Bonchev–Trinajstić information content (AvgIpc) is 2.77. The summed E-state index contributed by atoms with van der Waals surface area (Å²) in [6.07, 6.45) is 1.59. The number of rotatable bonds is 2. The monoisotopic (exact) mass is 283 g/mol. The Morgan fingerprint density at radius 1 is 1.38 bits per heavy atom. The Hall–Kier alpha value is -2.63. The van der Waals surface area contributed by atoms with Crippen molar-refractivity contribution in [2.45, 2.75) is 26.8 Å². The van der Waals surface area contributed by atoms with E-state index in [1.54, 1.807) is 24.4 Å². The Bertz CT molecular complexity index is 875. The van der Waals surface area contributed by atoms with Gasteiger partial charge in [-0.1, -0.05) is 0 Å². The number of hydrogen-bond acceptors (Lipinski definition) is 4. The number of aromatic amines is 1. The van der Waals surface area contributed by atoms with Crippen LogP contribution >= 0.6 is 0 Å². The predicted molar refractivity (Wildman–Crippen MR) is 83.1 cm³/mol. The van der Waals surface area contributed by atoms with Crippen LogP contribution in [0.3, 0.4) is 0 Å². The number of anilines is 1. The third-order valence-corrected chi connectivity index (χ3v) is 3.44. The summed E-state index contributed by atoms with van der Waals surface area (Å²) in [6.45, 7) is 5.98. The van der Waals surface area contributed by atoms with Gasteiger partial charge in [-0.15, -0.1) is 0 Å². The number of hydrogen-bond donors (Lipinski definition) is 2. The van der Waals surface area contributed by atoms with Gasteiger partial charge < -0.3 is 10.7 Å². The van der Waals surface area contributed by atoms with Crippen LogP contribution in [-0.4, -0.2) is 19.7 Å². The van der Waals surface area contributed by atoms with Crippen molar-refractivity contribution >= 4 is 16.7 Å². The molecule has 3 aromatic rings. The molecule has 0 amide bonds. The molecule has 0 radical (unpaired) electrons. The largest absolute Gasteiger partial charge is 0.397 e. The maximum atomic E-state index is 11.9. The smallest absolute Gasteiger partial charge is 0.257 e. The van der Waals surface area contributed by atoms with Crippen LogP contribution in [-0.2, 0) is 0 Å². The molecule has 108 valence electrons. The van der Waals surface area contributed by atoms with Gasteiger partial charge in [-0.3, -0.25) is 9.48 Å². The fourth-order valence-corrected chi connectivity index (χ4v) is 2.44. The van der Waals surface area contributed by atoms with Gasteiger partial charge in [0.15, 0.2) is 0 Å². The summed E-state index contributed by atoms with van der Waals surface area (Å²) in [6, 6.07) is 5.42. The number of fused-ring (bicyclic) bond motifs is 1. The molecule has 6 heteroatoms. The zero-order chi connectivity index (χ0) is 15.1. The maximum absolute atomic E-state index is 11.9. The van der Waals surface area contributed by atoms with Crippen molar-refractivity contribution in [2.75, 3.05) is 5.73 Å². The van der Waals surface area contributed by atoms with Crippen molar-refractivity contribution in [3.8, 4) is 11.3 Å². The number of nitrogens with one attached hydrogen (secondary N) is 1. The first kappa shape index (κ1) is 13.4. The minimum Gasteiger partial charge on any atom is -0.397 e. The van der Waals surface area contributed by atoms with Crippen LogP contribution in [0, 0.1) is 6.92 Å².